The average molecular weight is 221 g/mol. The van der Waals surface area contributed by atoms with Crippen molar-refractivity contribution in [1.82, 2.24) is 5.32 Å². The van der Waals surface area contributed by atoms with Crippen molar-refractivity contribution in [3.05, 3.63) is 30.3 Å². The van der Waals surface area contributed by atoms with E-state index >= 15 is 0 Å². The molecular weight excluding hydrogens is 202 g/mol. The van der Waals surface area contributed by atoms with Gasteiger partial charge in [0.25, 0.3) is 0 Å². The van der Waals surface area contributed by atoms with Crippen molar-refractivity contribution in [2.45, 2.75) is 18.4 Å². The number of piperidine rings is 1. The third kappa shape index (κ3) is 2.74. The van der Waals surface area contributed by atoms with Gasteiger partial charge >= 0.3 is 0 Å². The predicted octanol–water partition coefficient (Wildman–Crippen LogP) is 1.83. The molecule has 3 heteroatoms. The van der Waals surface area contributed by atoms with E-state index in [4.69, 9.17) is 9.47 Å². The van der Waals surface area contributed by atoms with Crippen molar-refractivity contribution in [2.75, 3.05) is 26.8 Å². The summed E-state index contributed by atoms with van der Waals surface area (Å²) in [5.41, 5.74) is -0.159. The van der Waals surface area contributed by atoms with Gasteiger partial charge in [-0.2, -0.15) is 0 Å². The lowest BCUT2D eigenvalue weighted by molar-refractivity contribution is -0.0588. The number of para-hydroxylation sites is 1. The molecule has 1 aromatic carbocycles. The highest BCUT2D eigenvalue weighted by atomic mass is 16.5. The van der Waals surface area contributed by atoms with Crippen LogP contribution in [-0.2, 0) is 4.74 Å². The Morgan fingerprint density at radius 1 is 1.31 bits per heavy atom. The number of hydrogen-bond acceptors (Lipinski definition) is 3. The summed E-state index contributed by atoms with van der Waals surface area (Å²) < 4.78 is 11.4. The molecule has 1 aromatic rings. The monoisotopic (exact) mass is 221 g/mol. The van der Waals surface area contributed by atoms with Crippen molar-refractivity contribution < 1.29 is 9.47 Å². The molecule has 2 rings (SSSR count). The number of benzene rings is 1. The quantitative estimate of drug-likeness (QED) is 0.841. The molecule has 0 bridgehead atoms. The van der Waals surface area contributed by atoms with Gasteiger partial charge in [0.1, 0.15) is 18.0 Å². The van der Waals surface area contributed by atoms with Crippen molar-refractivity contribution in [2.24, 2.45) is 0 Å². The van der Waals surface area contributed by atoms with Gasteiger partial charge in [-0.05, 0) is 31.5 Å². The van der Waals surface area contributed by atoms with E-state index in [0.29, 0.717) is 6.61 Å². The van der Waals surface area contributed by atoms with Crippen LogP contribution in [0.15, 0.2) is 30.3 Å². The number of methoxy groups -OCH3 is 1. The minimum atomic E-state index is -0.159. The highest BCUT2D eigenvalue weighted by Crippen LogP contribution is 2.21. The van der Waals surface area contributed by atoms with Gasteiger partial charge in [0.2, 0.25) is 0 Å². The summed E-state index contributed by atoms with van der Waals surface area (Å²) in [5, 5.41) is 3.36. The third-order valence-corrected chi connectivity index (χ3v) is 3.11. The van der Waals surface area contributed by atoms with E-state index in [-0.39, 0.29) is 5.60 Å². The van der Waals surface area contributed by atoms with Gasteiger partial charge in [-0.25, -0.2) is 0 Å². The molecule has 0 aliphatic carbocycles. The van der Waals surface area contributed by atoms with Crippen molar-refractivity contribution in [3.63, 3.8) is 0 Å². The second-order valence-corrected chi connectivity index (χ2v) is 4.27. The molecule has 1 saturated heterocycles. The minimum Gasteiger partial charge on any atom is -0.491 e. The maximum atomic E-state index is 5.77. The molecule has 88 valence electrons. The van der Waals surface area contributed by atoms with Crippen LogP contribution in [0.25, 0.3) is 0 Å². The predicted molar refractivity (Wildman–Crippen MR) is 63.8 cm³/mol. The summed E-state index contributed by atoms with van der Waals surface area (Å²) in [6.07, 6.45) is 2.20. The summed E-state index contributed by atoms with van der Waals surface area (Å²) in [6, 6.07) is 9.89. The first-order chi connectivity index (χ1) is 7.85. The van der Waals surface area contributed by atoms with Crippen LogP contribution in [0.3, 0.4) is 0 Å². The Labute approximate surface area is 96.8 Å². The van der Waals surface area contributed by atoms with Crippen LogP contribution in [0, 0.1) is 0 Å². The van der Waals surface area contributed by atoms with E-state index in [1.165, 1.54) is 0 Å². The zero-order valence-corrected chi connectivity index (χ0v) is 9.74. The number of ether oxygens (including phenoxy) is 2. The van der Waals surface area contributed by atoms with Gasteiger partial charge < -0.3 is 14.8 Å². The number of nitrogens with one attached hydrogen (secondary N) is 1. The molecule has 0 spiro atoms. The third-order valence-electron chi connectivity index (χ3n) is 3.11. The highest BCUT2D eigenvalue weighted by molar-refractivity contribution is 5.21. The summed E-state index contributed by atoms with van der Waals surface area (Å²) in [7, 11) is 1.77. The van der Waals surface area contributed by atoms with E-state index in [2.05, 4.69) is 5.32 Å². The normalized spacial score (nSPS) is 25.3. The molecule has 1 N–H and O–H groups in total. The molecule has 1 aliphatic rings. The Bertz CT molecular complexity index is 307. The number of hydrogen-bond donors (Lipinski definition) is 1. The van der Waals surface area contributed by atoms with Gasteiger partial charge in [0, 0.05) is 13.7 Å². The van der Waals surface area contributed by atoms with Crippen LogP contribution in [0.2, 0.25) is 0 Å². The fourth-order valence-corrected chi connectivity index (χ4v) is 2.03. The second kappa shape index (κ2) is 5.32. The van der Waals surface area contributed by atoms with Gasteiger partial charge in [0.15, 0.2) is 0 Å². The van der Waals surface area contributed by atoms with Crippen LogP contribution in [0.5, 0.6) is 5.75 Å². The van der Waals surface area contributed by atoms with E-state index in [0.717, 1.165) is 31.7 Å². The zero-order valence-electron chi connectivity index (χ0n) is 9.74. The zero-order chi connectivity index (χ0) is 11.3. The molecule has 1 aliphatic heterocycles. The fourth-order valence-electron chi connectivity index (χ4n) is 2.03. The van der Waals surface area contributed by atoms with E-state index in [1.807, 2.05) is 30.3 Å². The molecule has 0 aromatic heterocycles. The largest absolute Gasteiger partial charge is 0.491 e. The summed E-state index contributed by atoms with van der Waals surface area (Å²) in [6.45, 7) is 2.56. The highest BCUT2D eigenvalue weighted by Gasteiger charge is 2.32. The second-order valence-electron chi connectivity index (χ2n) is 4.27. The molecule has 1 fully saturated rings. The summed E-state index contributed by atoms with van der Waals surface area (Å²) in [5.74, 6) is 0.907. The number of rotatable bonds is 4. The first-order valence-electron chi connectivity index (χ1n) is 5.78. The van der Waals surface area contributed by atoms with Crippen molar-refractivity contribution in [1.29, 1.82) is 0 Å². The van der Waals surface area contributed by atoms with Crippen LogP contribution in [-0.4, -0.2) is 32.4 Å². The van der Waals surface area contributed by atoms with Gasteiger partial charge in [-0.15, -0.1) is 0 Å². The summed E-state index contributed by atoms with van der Waals surface area (Å²) in [4.78, 5) is 0. The lowest BCUT2D eigenvalue weighted by Gasteiger charge is -2.36. The molecule has 1 atom stereocenters. The first-order valence-corrected chi connectivity index (χ1v) is 5.78. The lowest BCUT2D eigenvalue weighted by atomic mass is 9.95. The van der Waals surface area contributed by atoms with Crippen LogP contribution in [0.4, 0.5) is 0 Å². The Kier molecular flexibility index (Phi) is 3.80. The van der Waals surface area contributed by atoms with Gasteiger partial charge in [-0.3, -0.25) is 0 Å². The van der Waals surface area contributed by atoms with E-state index in [1.54, 1.807) is 7.11 Å². The van der Waals surface area contributed by atoms with Gasteiger partial charge in [0.05, 0.1) is 0 Å². The van der Waals surface area contributed by atoms with Crippen LogP contribution in [0.1, 0.15) is 12.8 Å². The average Bonchev–Trinajstić information content (AvgIpc) is 2.39. The molecule has 3 nitrogen and oxygen atoms in total. The topological polar surface area (TPSA) is 30.5 Å². The van der Waals surface area contributed by atoms with Crippen molar-refractivity contribution >= 4 is 0 Å². The standard InChI is InChI=1S/C13H19NO2/c1-15-13(8-5-9-14-10-13)11-16-12-6-3-2-4-7-12/h2-4,6-7,14H,5,8-11H2,1H3/t13-/m1/s1. The molecule has 0 unspecified atom stereocenters. The minimum absolute atomic E-state index is 0.159. The Morgan fingerprint density at radius 3 is 2.75 bits per heavy atom. The van der Waals surface area contributed by atoms with Crippen LogP contribution >= 0.6 is 0 Å². The van der Waals surface area contributed by atoms with E-state index < -0.39 is 0 Å². The Morgan fingerprint density at radius 2 is 2.12 bits per heavy atom. The van der Waals surface area contributed by atoms with Crippen molar-refractivity contribution in [3.8, 4) is 5.75 Å². The maximum absolute atomic E-state index is 5.77. The maximum Gasteiger partial charge on any atom is 0.119 e. The molecule has 0 radical (unpaired) electrons. The first kappa shape index (κ1) is 11.4. The van der Waals surface area contributed by atoms with Crippen LogP contribution < -0.4 is 10.1 Å². The van der Waals surface area contributed by atoms with E-state index in [9.17, 15) is 0 Å². The molecule has 1 heterocycles. The summed E-state index contributed by atoms with van der Waals surface area (Å²) >= 11 is 0. The fraction of sp³-hybridized carbons (Fsp3) is 0.538. The lowest BCUT2D eigenvalue weighted by Crippen LogP contribution is -2.51. The molecule has 0 amide bonds. The molecule has 0 saturated carbocycles. The molecule has 16 heavy (non-hydrogen) atoms. The Balaban J connectivity index is 1.92. The Hall–Kier alpha value is -1.06. The molecular formula is C13H19NO2. The smallest absolute Gasteiger partial charge is 0.119 e. The SMILES string of the molecule is CO[C@]1(COc2ccccc2)CCCNC1. The van der Waals surface area contributed by atoms with Gasteiger partial charge in [-0.1, -0.05) is 18.2 Å².